The summed E-state index contributed by atoms with van der Waals surface area (Å²) in [6.07, 6.45) is 1.02. The van der Waals surface area contributed by atoms with Crippen LogP contribution >= 0.6 is 0 Å². The van der Waals surface area contributed by atoms with Gasteiger partial charge in [-0.3, -0.25) is 4.90 Å². The Morgan fingerprint density at radius 1 is 1.58 bits per heavy atom. The van der Waals surface area contributed by atoms with Gasteiger partial charge in [0, 0.05) is 26.1 Å². The molecule has 68 valence electrons. The quantitative estimate of drug-likeness (QED) is 0.604. The van der Waals surface area contributed by atoms with Crippen LogP contribution in [0.2, 0.25) is 0 Å². The van der Waals surface area contributed by atoms with Crippen molar-refractivity contribution in [3.63, 3.8) is 0 Å². The van der Waals surface area contributed by atoms with Crippen molar-refractivity contribution >= 4 is 6.09 Å². The number of nitrogens with zero attached hydrogens (tertiary/aromatic N) is 1. The summed E-state index contributed by atoms with van der Waals surface area (Å²) >= 11 is 0. The van der Waals surface area contributed by atoms with Crippen LogP contribution < -0.4 is 5.32 Å². The van der Waals surface area contributed by atoms with E-state index in [-0.39, 0.29) is 12.2 Å². The van der Waals surface area contributed by atoms with Crippen LogP contribution in [0.3, 0.4) is 0 Å². The molecule has 0 spiro atoms. The monoisotopic (exact) mass is 170 g/mol. The van der Waals surface area contributed by atoms with Gasteiger partial charge in [-0.1, -0.05) is 0 Å². The number of carbonyl (C=O) groups excluding carboxylic acids is 1. The lowest BCUT2D eigenvalue weighted by atomic mass is 10.0. The molecule has 2 heterocycles. The predicted octanol–water partition coefficient (Wildman–Crippen LogP) is 0.0465. The van der Waals surface area contributed by atoms with Crippen molar-refractivity contribution in [3.05, 3.63) is 0 Å². The van der Waals surface area contributed by atoms with Gasteiger partial charge in [-0.2, -0.15) is 0 Å². The second-order valence-corrected chi connectivity index (χ2v) is 3.50. The van der Waals surface area contributed by atoms with Gasteiger partial charge >= 0.3 is 6.09 Å². The van der Waals surface area contributed by atoms with E-state index < -0.39 is 0 Å². The molecule has 0 aliphatic carbocycles. The first kappa shape index (κ1) is 7.86. The van der Waals surface area contributed by atoms with Crippen molar-refractivity contribution < 1.29 is 9.53 Å². The Morgan fingerprint density at radius 2 is 2.42 bits per heavy atom. The molecule has 2 bridgehead atoms. The molecular weight excluding hydrogens is 156 g/mol. The molecule has 0 aromatic carbocycles. The molecule has 0 radical (unpaired) electrons. The second-order valence-electron chi connectivity index (χ2n) is 3.50. The largest absolute Gasteiger partial charge is 0.445 e. The maximum absolute atomic E-state index is 10.9. The van der Waals surface area contributed by atoms with E-state index in [9.17, 15) is 4.79 Å². The summed E-state index contributed by atoms with van der Waals surface area (Å²) < 4.78 is 5.20. The van der Waals surface area contributed by atoms with Crippen molar-refractivity contribution in [2.24, 2.45) is 5.92 Å². The zero-order chi connectivity index (χ0) is 8.55. The smallest absolute Gasteiger partial charge is 0.407 e. The highest BCUT2D eigenvalue weighted by molar-refractivity contribution is 5.66. The first-order valence-electron chi connectivity index (χ1n) is 4.40. The van der Waals surface area contributed by atoms with E-state index in [2.05, 4.69) is 10.2 Å². The molecule has 2 aliphatic heterocycles. The Bertz CT molecular complexity index is 195. The molecule has 3 atom stereocenters. The number of alkyl carbamates (subject to hydrolysis) is 1. The minimum absolute atomic E-state index is 0.138. The van der Waals surface area contributed by atoms with Gasteiger partial charge in [0.2, 0.25) is 0 Å². The Balaban J connectivity index is 1.86. The number of rotatable bonds is 1. The predicted molar refractivity (Wildman–Crippen MR) is 43.9 cm³/mol. The summed E-state index contributed by atoms with van der Waals surface area (Å²) in [5.41, 5.74) is 0. The van der Waals surface area contributed by atoms with Crippen LogP contribution in [0.5, 0.6) is 0 Å². The maximum Gasteiger partial charge on any atom is 0.407 e. The van der Waals surface area contributed by atoms with Crippen molar-refractivity contribution in [3.8, 4) is 0 Å². The van der Waals surface area contributed by atoms with Crippen LogP contribution in [0.4, 0.5) is 4.79 Å². The van der Waals surface area contributed by atoms with E-state index >= 15 is 0 Å². The lowest BCUT2D eigenvalue weighted by Gasteiger charge is -2.21. The van der Waals surface area contributed by atoms with E-state index in [4.69, 9.17) is 4.74 Å². The summed E-state index contributed by atoms with van der Waals surface area (Å²) in [6.45, 7) is 3.22. The average molecular weight is 170 g/mol. The maximum atomic E-state index is 10.9. The fraction of sp³-hybridized carbons (Fsp3) is 0.875. The third kappa shape index (κ3) is 1.27. The molecule has 0 saturated carbocycles. The third-order valence-electron chi connectivity index (χ3n) is 2.74. The minimum Gasteiger partial charge on any atom is -0.445 e. The lowest BCUT2D eigenvalue weighted by molar-refractivity contribution is 0.0702. The van der Waals surface area contributed by atoms with Gasteiger partial charge in [-0.05, 0) is 13.0 Å². The molecule has 0 aromatic heterocycles. The highest BCUT2D eigenvalue weighted by Gasteiger charge is 2.40. The van der Waals surface area contributed by atoms with Crippen LogP contribution in [-0.4, -0.2) is 43.8 Å². The van der Waals surface area contributed by atoms with E-state index in [0.29, 0.717) is 5.92 Å². The van der Waals surface area contributed by atoms with Crippen LogP contribution in [-0.2, 0) is 4.74 Å². The fourth-order valence-electron chi connectivity index (χ4n) is 2.07. The van der Waals surface area contributed by atoms with Crippen molar-refractivity contribution in [1.82, 2.24) is 10.2 Å². The fourth-order valence-corrected chi connectivity index (χ4v) is 2.07. The van der Waals surface area contributed by atoms with Crippen molar-refractivity contribution in [1.29, 1.82) is 0 Å². The molecule has 4 nitrogen and oxygen atoms in total. The normalized spacial score (nSPS) is 38.2. The van der Waals surface area contributed by atoms with Gasteiger partial charge in [-0.15, -0.1) is 0 Å². The number of nitrogens with one attached hydrogen (secondary N) is 1. The average Bonchev–Trinajstić information content (AvgIpc) is 2.64. The van der Waals surface area contributed by atoms with Crippen LogP contribution in [0.25, 0.3) is 0 Å². The van der Waals surface area contributed by atoms with Crippen LogP contribution in [0.15, 0.2) is 0 Å². The minimum atomic E-state index is -0.297. The van der Waals surface area contributed by atoms with Gasteiger partial charge in [-0.25, -0.2) is 4.79 Å². The molecule has 2 fully saturated rings. The zero-order valence-corrected chi connectivity index (χ0v) is 7.25. The molecule has 2 saturated heterocycles. The van der Waals surface area contributed by atoms with Crippen molar-refractivity contribution in [2.45, 2.75) is 12.5 Å². The van der Waals surface area contributed by atoms with Crippen LogP contribution in [0.1, 0.15) is 6.42 Å². The van der Waals surface area contributed by atoms with Gasteiger partial charge < -0.3 is 10.1 Å². The lowest BCUT2D eigenvalue weighted by Crippen LogP contribution is -2.34. The van der Waals surface area contributed by atoms with E-state index in [1.165, 1.54) is 13.0 Å². The van der Waals surface area contributed by atoms with E-state index in [1.807, 2.05) is 0 Å². The highest BCUT2D eigenvalue weighted by Crippen LogP contribution is 2.29. The first-order chi connectivity index (χ1) is 5.79. The first-order valence-corrected chi connectivity index (χ1v) is 4.40. The molecular formula is C8H14N2O2. The number of ether oxygens (including phenoxy) is 1. The van der Waals surface area contributed by atoms with Gasteiger partial charge in [0.25, 0.3) is 0 Å². The molecule has 1 amide bonds. The van der Waals surface area contributed by atoms with Gasteiger partial charge in [0.05, 0.1) is 0 Å². The number of piperidine rings is 1. The van der Waals surface area contributed by atoms with E-state index in [1.54, 1.807) is 7.05 Å². The Hall–Kier alpha value is -0.770. The molecule has 2 rings (SSSR count). The molecule has 1 N–H and O–H groups in total. The van der Waals surface area contributed by atoms with E-state index in [0.717, 1.165) is 13.1 Å². The summed E-state index contributed by atoms with van der Waals surface area (Å²) in [5.74, 6) is 0.585. The standard InChI is InChI=1S/C8H14N2O2/c1-9-8(11)12-7-5-10-3-2-6(7)4-10/h6-7H,2-5H2,1H3,(H,9,11). The van der Waals surface area contributed by atoms with Gasteiger partial charge in [0.15, 0.2) is 0 Å². The number of amides is 1. The summed E-state index contributed by atoms with van der Waals surface area (Å²) in [6, 6.07) is 0. The third-order valence-corrected chi connectivity index (χ3v) is 2.74. The molecule has 0 aromatic rings. The molecule has 12 heavy (non-hydrogen) atoms. The molecule has 3 unspecified atom stereocenters. The Kier molecular flexibility index (Phi) is 1.92. The highest BCUT2D eigenvalue weighted by atomic mass is 16.6. The molecule has 2 aliphatic rings. The summed E-state index contributed by atoms with van der Waals surface area (Å²) in [5, 5.41) is 2.47. The number of carbonyl (C=O) groups is 1. The topological polar surface area (TPSA) is 41.6 Å². The summed E-state index contributed by atoms with van der Waals surface area (Å²) in [7, 11) is 1.59. The SMILES string of the molecule is CNC(=O)OC1CN2CCC1C2. The second kappa shape index (κ2) is 2.94. The van der Waals surface area contributed by atoms with Crippen LogP contribution in [0, 0.1) is 5.92 Å². The zero-order valence-electron chi connectivity index (χ0n) is 7.25. The van der Waals surface area contributed by atoms with Gasteiger partial charge in [0.1, 0.15) is 6.10 Å². The summed E-state index contributed by atoms with van der Waals surface area (Å²) in [4.78, 5) is 13.2. The number of hydrogen-bond donors (Lipinski definition) is 1. The Morgan fingerprint density at radius 3 is 2.92 bits per heavy atom. The number of hydrogen-bond acceptors (Lipinski definition) is 3. The molecule has 4 heteroatoms. The number of fused-ring (bicyclic) bond motifs is 2. The Labute approximate surface area is 71.9 Å². The van der Waals surface area contributed by atoms with Crippen molar-refractivity contribution in [2.75, 3.05) is 26.7 Å².